The minimum atomic E-state index is -0.0139. The quantitative estimate of drug-likeness (QED) is 0.770. The third kappa shape index (κ3) is 1.72. The monoisotopic (exact) mass is 252 g/mol. The smallest absolute Gasteiger partial charge is 0.291 e. The van der Waals surface area contributed by atoms with Crippen molar-refractivity contribution in [3.63, 3.8) is 0 Å². The highest BCUT2D eigenvalue weighted by Gasteiger charge is 2.07. The van der Waals surface area contributed by atoms with Gasteiger partial charge in [0.2, 0.25) is 12.1 Å². The number of rotatable bonds is 2. The molecular formula is C9H5BrN2O2. The molecule has 0 bridgehead atoms. The predicted molar refractivity (Wildman–Crippen MR) is 52.8 cm³/mol. The third-order valence-corrected chi connectivity index (χ3v) is 2.12. The molecule has 0 aliphatic carbocycles. The minimum absolute atomic E-state index is 0.0139. The fourth-order valence-electron chi connectivity index (χ4n) is 1.03. The van der Waals surface area contributed by atoms with E-state index in [1.165, 1.54) is 0 Å². The normalized spacial score (nSPS) is 10.1. The average Bonchev–Trinajstić information content (AvgIpc) is 2.66. The number of carbonyl (C=O) groups is 1. The second-order valence-corrected chi connectivity index (χ2v) is 3.50. The van der Waals surface area contributed by atoms with Crippen molar-refractivity contribution < 1.29 is 9.32 Å². The summed E-state index contributed by atoms with van der Waals surface area (Å²) >= 11 is 3.33. The van der Waals surface area contributed by atoms with E-state index in [-0.39, 0.29) is 5.89 Å². The molecule has 70 valence electrons. The molecule has 0 atom stereocenters. The molecule has 0 saturated heterocycles. The van der Waals surface area contributed by atoms with Gasteiger partial charge in [-0.05, 0) is 12.1 Å². The van der Waals surface area contributed by atoms with Crippen molar-refractivity contribution in [2.45, 2.75) is 0 Å². The fraction of sp³-hybridized carbons (Fsp3) is 0. The van der Waals surface area contributed by atoms with Crippen LogP contribution >= 0.6 is 15.9 Å². The maximum absolute atomic E-state index is 10.3. The van der Waals surface area contributed by atoms with Crippen LogP contribution in [0, 0.1) is 0 Å². The van der Waals surface area contributed by atoms with Gasteiger partial charge in [-0.2, -0.15) is 4.98 Å². The number of halogens is 1. The van der Waals surface area contributed by atoms with Gasteiger partial charge in [-0.1, -0.05) is 33.2 Å². The van der Waals surface area contributed by atoms with Gasteiger partial charge in [0.05, 0.1) is 0 Å². The van der Waals surface area contributed by atoms with Gasteiger partial charge >= 0.3 is 0 Å². The lowest BCUT2D eigenvalue weighted by molar-refractivity contribution is 0.108. The van der Waals surface area contributed by atoms with Gasteiger partial charge in [0, 0.05) is 10.0 Å². The Morgan fingerprint density at radius 1 is 1.43 bits per heavy atom. The summed E-state index contributed by atoms with van der Waals surface area (Å²) in [6.07, 6.45) is 0.522. The van der Waals surface area contributed by atoms with Crippen molar-refractivity contribution in [1.82, 2.24) is 10.1 Å². The molecule has 1 heterocycles. The van der Waals surface area contributed by atoms with Crippen LogP contribution < -0.4 is 0 Å². The molecule has 2 rings (SSSR count). The highest BCUT2D eigenvalue weighted by molar-refractivity contribution is 9.10. The van der Waals surface area contributed by atoms with Crippen molar-refractivity contribution >= 4 is 22.2 Å². The molecule has 1 aromatic carbocycles. The van der Waals surface area contributed by atoms with Gasteiger partial charge in [0.25, 0.3) is 5.89 Å². The number of benzene rings is 1. The standard InChI is InChI=1S/C9H5BrN2O2/c10-7-3-1-2-6(4-7)9-11-8(5-13)14-12-9/h1-5H. The molecule has 0 fully saturated rings. The molecule has 5 heteroatoms. The summed E-state index contributed by atoms with van der Waals surface area (Å²) in [6, 6.07) is 7.43. The zero-order valence-corrected chi connectivity index (χ0v) is 8.56. The van der Waals surface area contributed by atoms with E-state index in [4.69, 9.17) is 0 Å². The van der Waals surface area contributed by atoms with Crippen molar-refractivity contribution in [3.8, 4) is 11.4 Å². The van der Waals surface area contributed by atoms with Gasteiger partial charge in [0.15, 0.2) is 0 Å². The fourth-order valence-corrected chi connectivity index (χ4v) is 1.43. The molecular weight excluding hydrogens is 248 g/mol. The summed E-state index contributed by atoms with van der Waals surface area (Å²) < 4.78 is 5.59. The Labute approximate surface area is 88.1 Å². The Hall–Kier alpha value is -1.49. The van der Waals surface area contributed by atoms with Crippen LogP contribution in [0.3, 0.4) is 0 Å². The molecule has 4 nitrogen and oxygen atoms in total. The highest BCUT2D eigenvalue weighted by atomic mass is 79.9. The van der Waals surface area contributed by atoms with Gasteiger partial charge < -0.3 is 4.52 Å². The number of carbonyl (C=O) groups excluding carboxylic acids is 1. The van der Waals surface area contributed by atoms with Crippen LogP contribution in [-0.2, 0) is 0 Å². The maximum Gasteiger partial charge on any atom is 0.291 e. The van der Waals surface area contributed by atoms with E-state index in [9.17, 15) is 4.79 Å². The van der Waals surface area contributed by atoms with Crippen LogP contribution in [0.15, 0.2) is 33.3 Å². The van der Waals surface area contributed by atoms with Crippen LogP contribution in [0.25, 0.3) is 11.4 Å². The van der Waals surface area contributed by atoms with E-state index in [0.29, 0.717) is 12.1 Å². The maximum atomic E-state index is 10.3. The number of nitrogens with zero attached hydrogens (tertiary/aromatic N) is 2. The molecule has 0 saturated carbocycles. The van der Waals surface area contributed by atoms with E-state index in [2.05, 4.69) is 30.6 Å². The van der Waals surface area contributed by atoms with Crippen molar-refractivity contribution in [2.24, 2.45) is 0 Å². The Kier molecular flexibility index (Phi) is 2.41. The molecule has 0 unspecified atom stereocenters. The van der Waals surface area contributed by atoms with E-state index in [0.717, 1.165) is 10.0 Å². The van der Waals surface area contributed by atoms with Crippen LogP contribution in [-0.4, -0.2) is 16.4 Å². The lowest BCUT2D eigenvalue weighted by Crippen LogP contribution is -1.81. The summed E-state index contributed by atoms with van der Waals surface area (Å²) in [5.74, 6) is 0.397. The zero-order chi connectivity index (χ0) is 9.97. The lowest BCUT2D eigenvalue weighted by Gasteiger charge is -1.93. The second-order valence-electron chi connectivity index (χ2n) is 2.58. The van der Waals surface area contributed by atoms with E-state index >= 15 is 0 Å². The predicted octanol–water partition coefficient (Wildman–Crippen LogP) is 2.31. The molecule has 0 aliphatic heterocycles. The first kappa shape index (κ1) is 9.08. The number of aldehydes is 1. The third-order valence-electron chi connectivity index (χ3n) is 1.63. The first-order valence-corrected chi connectivity index (χ1v) is 4.64. The summed E-state index contributed by atoms with van der Waals surface area (Å²) in [5, 5.41) is 3.66. The molecule has 0 radical (unpaired) electrons. The van der Waals surface area contributed by atoms with Crippen LogP contribution in [0.5, 0.6) is 0 Å². The van der Waals surface area contributed by atoms with Gasteiger partial charge in [-0.15, -0.1) is 0 Å². The molecule has 2 aromatic rings. The van der Waals surface area contributed by atoms with E-state index < -0.39 is 0 Å². The second kappa shape index (κ2) is 3.71. The largest absolute Gasteiger partial charge is 0.331 e. The first-order valence-electron chi connectivity index (χ1n) is 3.84. The zero-order valence-electron chi connectivity index (χ0n) is 6.98. The summed E-state index contributed by atoms with van der Waals surface area (Å²) in [5.41, 5.74) is 0.802. The Bertz CT molecular complexity index is 467. The van der Waals surface area contributed by atoms with E-state index in [1.807, 2.05) is 24.3 Å². The first-order chi connectivity index (χ1) is 6.79. The number of aromatic nitrogens is 2. The van der Waals surface area contributed by atoms with Crippen LogP contribution in [0.4, 0.5) is 0 Å². The highest BCUT2D eigenvalue weighted by Crippen LogP contribution is 2.19. The molecule has 0 spiro atoms. The topological polar surface area (TPSA) is 56.0 Å². The number of hydrogen-bond acceptors (Lipinski definition) is 4. The molecule has 1 aromatic heterocycles. The Morgan fingerprint density at radius 3 is 2.93 bits per heavy atom. The Morgan fingerprint density at radius 2 is 2.29 bits per heavy atom. The molecule has 0 aliphatic rings. The number of hydrogen-bond donors (Lipinski definition) is 0. The SMILES string of the molecule is O=Cc1nc(-c2cccc(Br)c2)no1. The van der Waals surface area contributed by atoms with Gasteiger partial charge in [-0.3, -0.25) is 4.79 Å². The van der Waals surface area contributed by atoms with Crippen LogP contribution in [0.2, 0.25) is 0 Å². The summed E-state index contributed by atoms with van der Waals surface area (Å²) in [7, 11) is 0. The summed E-state index contributed by atoms with van der Waals surface area (Å²) in [6.45, 7) is 0. The molecule has 14 heavy (non-hydrogen) atoms. The van der Waals surface area contributed by atoms with Crippen molar-refractivity contribution in [1.29, 1.82) is 0 Å². The van der Waals surface area contributed by atoms with Crippen LogP contribution in [0.1, 0.15) is 10.7 Å². The molecule has 0 N–H and O–H groups in total. The van der Waals surface area contributed by atoms with Gasteiger partial charge in [0.1, 0.15) is 0 Å². The van der Waals surface area contributed by atoms with Crippen molar-refractivity contribution in [2.75, 3.05) is 0 Å². The molecule has 0 amide bonds. The average molecular weight is 253 g/mol. The Balaban J connectivity index is 2.43. The van der Waals surface area contributed by atoms with E-state index in [1.54, 1.807) is 0 Å². The summed E-state index contributed by atoms with van der Waals surface area (Å²) in [4.78, 5) is 14.2. The van der Waals surface area contributed by atoms with Crippen molar-refractivity contribution in [3.05, 3.63) is 34.6 Å². The minimum Gasteiger partial charge on any atom is -0.331 e. The van der Waals surface area contributed by atoms with Gasteiger partial charge in [-0.25, -0.2) is 0 Å². The lowest BCUT2D eigenvalue weighted by atomic mass is 10.2.